The van der Waals surface area contributed by atoms with E-state index in [4.69, 9.17) is 20.9 Å². The van der Waals surface area contributed by atoms with E-state index in [0.29, 0.717) is 34.9 Å². The first-order chi connectivity index (χ1) is 23.7. The predicted molar refractivity (Wildman–Crippen MR) is 247 cm³/mol. The molecule has 0 unspecified atom stereocenters. The zero-order valence-electron chi connectivity index (χ0n) is 43.0. The van der Waals surface area contributed by atoms with Crippen molar-refractivity contribution in [3.8, 4) is 0 Å². The van der Waals surface area contributed by atoms with Gasteiger partial charge in [0.15, 0.2) is 0 Å². The molecule has 4 N–H and O–H groups in total. The van der Waals surface area contributed by atoms with Gasteiger partial charge in [0.05, 0.1) is 13.2 Å². The highest BCUT2D eigenvalue weighted by atomic mass is 16.5. The maximum Gasteiger partial charge on any atom is 0.325 e. The Hall–Kier alpha value is -1.22. The fourth-order valence-corrected chi connectivity index (χ4v) is 3.36. The lowest BCUT2D eigenvalue weighted by molar-refractivity contribution is -0.151. The second-order valence-electron chi connectivity index (χ2n) is 24.2. The molecule has 0 bridgehead atoms. The summed E-state index contributed by atoms with van der Waals surface area (Å²) in [5.41, 5.74) is 11.6. The van der Waals surface area contributed by atoms with Crippen LogP contribution in [-0.4, -0.2) is 87.3 Å². The van der Waals surface area contributed by atoms with Gasteiger partial charge in [-0.25, -0.2) is 0 Å². The van der Waals surface area contributed by atoms with Gasteiger partial charge in [0.1, 0.15) is 11.1 Å². The standard InChI is InChI=1S/C10H21NO2.C9H19NO2.C8H19N.C7H17N.C7H16.C6H14/c1-9(2,3)6-7-13-8(12)10(4,5)11;1-8(2,3)6-12-7(11)9(4,5)10;1-8(2,3)6-7-9(4)5;1-7(2,3)6-8(4)5;1-5-6-7(2,3)4;1-5-6(2,3)4/h6-7,11H2,1-5H3;6,10H2,1-5H3;6-7H2,1-5H3;6H2,1-5H3;5-6H2,1-4H3;5H2,1-4H3. The largest absolute Gasteiger partial charge is 0.464 e. The van der Waals surface area contributed by atoms with Gasteiger partial charge in [-0.15, -0.1) is 0 Å². The van der Waals surface area contributed by atoms with Crippen LogP contribution in [0.3, 0.4) is 0 Å². The normalized spacial score (nSPS) is 12.6. The van der Waals surface area contributed by atoms with Crippen LogP contribution < -0.4 is 11.5 Å². The molecule has 0 aromatic heterocycles. The summed E-state index contributed by atoms with van der Waals surface area (Å²) >= 11 is 0. The summed E-state index contributed by atoms with van der Waals surface area (Å²) in [6.07, 6.45) is 6.05. The first-order valence-corrected chi connectivity index (χ1v) is 20.9. The number of carbonyl (C=O) groups is 2. The molecule has 0 atom stereocenters. The van der Waals surface area contributed by atoms with Gasteiger partial charge >= 0.3 is 11.9 Å². The number of hydrogen-bond acceptors (Lipinski definition) is 8. The molecule has 0 saturated carbocycles. The van der Waals surface area contributed by atoms with Crippen molar-refractivity contribution in [2.24, 2.45) is 44.0 Å². The van der Waals surface area contributed by atoms with Crippen molar-refractivity contribution >= 4 is 11.9 Å². The Bertz CT molecular complexity index is 918. The topological polar surface area (TPSA) is 111 Å². The summed E-state index contributed by atoms with van der Waals surface area (Å²) in [4.78, 5) is 26.8. The van der Waals surface area contributed by atoms with E-state index >= 15 is 0 Å². The number of nitrogens with two attached hydrogens (primary N) is 2. The molecule has 0 fully saturated rings. The van der Waals surface area contributed by atoms with E-state index in [1.807, 2.05) is 20.8 Å². The number of carbonyl (C=O) groups excluding carboxylic acids is 2. The van der Waals surface area contributed by atoms with Gasteiger partial charge in [-0.1, -0.05) is 151 Å². The Morgan fingerprint density at radius 1 is 0.455 bits per heavy atom. The summed E-state index contributed by atoms with van der Waals surface area (Å²) in [5.74, 6) is -0.686. The quantitative estimate of drug-likeness (QED) is 0.222. The van der Waals surface area contributed by atoms with E-state index in [1.165, 1.54) is 32.2 Å². The van der Waals surface area contributed by atoms with E-state index in [0.717, 1.165) is 13.0 Å². The fraction of sp³-hybridized carbons (Fsp3) is 0.957. The average molecular weight is 791 g/mol. The molecule has 338 valence electrons. The summed E-state index contributed by atoms with van der Waals surface area (Å²) in [5, 5.41) is 0. The van der Waals surface area contributed by atoms with Crippen molar-refractivity contribution in [1.29, 1.82) is 0 Å². The minimum atomic E-state index is -0.884. The Labute approximate surface area is 347 Å². The Balaban J connectivity index is -0.000000134. The molecule has 0 heterocycles. The lowest BCUT2D eigenvalue weighted by Gasteiger charge is -2.22. The maximum absolute atomic E-state index is 11.2. The second-order valence-corrected chi connectivity index (χ2v) is 24.2. The molecule has 8 heteroatoms. The monoisotopic (exact) mass is 791 g/mol. The number of hydrogen-bond donors (Lipinski definition) is 2. The first kappa shape index (κ1) is 65.6. The lowest BCUT2D eigenvalue weighted by Crippen LogP contribution is -2.43. The van der Waals surface area contributed by atoms with Crippen molar-refractivity contribution in [2.45, 2.75) is 209 Å². The molecule has 55 heavy (non-hydrogen) atoms. The molecule has 0 aliphatic heterocycles. The van der Waals surface area contributed by atoms with E-state index < -0.39 is 11.1 Å². The van der Waals surface area contributed by atoms with E-state index in [2.05, 4.69) is 156 Å². The third-order valence-electron chi connectivity index (χ3n) is 6.93. The molecule has 0 aromatic carbocycles. The number of nitrogens with zero attached hydrogens (tertiary/aromatic N) is 2. The molecule has 0 amide bonds. The number of esters is 2. The smallest absolute Gasteiger partial charge is 0.325 e. The van der Waals surface area contributed by atoms with E-state index in [-0.39, 0.29) is 22.8 Å². The maximum atomic E-state index is 11.2. The molecular formula is C47H106N4O4. The summed E-state index contributed by atoms with van der Waals surface area (Å²) < 4.78 is 10.0. The van der Waals surface area contributed by atoms with Crippen LogP contribution in [0.2, 0.25) is 0 Å². The van der Waals surface area contributed by atoms with Gasteiger partial charge in [0.2, 0.25) is 0 Å². The summed E-state index contributed by atoms with van der Waals surface area (Å²) in [6.45, 7) is 53.6. The van der Waals surface area contributed by atoms with Gasteiger partial charge < -0.3 is 30.7 Å². The minimum absolute atomic E-state index is 0.000903. The summed E-state index contributed by atoms with van der Waals surface area (Å²) in [6, 6.07) is 0. The SMILES string of the molecule is CC(C)(C)CCOC(=O)C(C)(C)N.CC(C)(C)COC(=O)C(C)(C)N.CCC(C)(C)C.CCCC(C)(C)C.CN(C)CC(C)(C)C.CN(C)CCC(C)(C)C. The van der Waals surface area contributed by atoms with Crippen LogP contribution in [-0.2, 0) is 19.1 Å². The molecular weight excluding hydrogens is 685 g/mol. The lowest BCUT2D eigenvalue weighted by atomic mass is 9.91. The summed E-state index contributed by atoms with van der Waals surface area (Å²) in [7, 11) is 8.44. The second kappa shape index (κ2) is 29.1. The van der Waals surface area contributed by atoms with Crippen LogP contribution in [0.4, 0.5) is 0 Å². The van der Waals surface area contributed by atoms with Crippen LogP contribution in [0.25, 0.3) is 0 Å². The van der Waals surface area contributed by atoms with Crippen molar-refractivity contribution in [3.63, 3.8) is 0 Å². The predicted octanol–water partition coefficient (Wildman–Crippen LogP) is 11.9. The molecule has 0 aliphatic carbocycles. The highest BCUT2D eigenvalue weighted by Gasteiger charge is 2.26. The molecule has 0 spiro atoms. The van der Waals surface area contributed by atoms with Crippen LogP contribution in [0.5, 0.6) is 0 Å². The Morgan fingerprint density at radius 2 is 0.782 bits per heavy atom. The van der Waals surface area contributed by atoms with Crippen molar-refractivity contribution in [3.05, 3.63) is 0 Å². The molecule has 0 rings (SSSR count). The van der Waals surface area contributed by atoms with E-state index in [1.54, 1.807) is 27.7 Å². The Morgan fingerprint density at radius 3 is 0.927 bits per heavy atom. The third-order valence-corrected chi connectivity index (χ3v) is 6.93. The molecule has 0 aliphatic rings. The van der Waals surface area contributed by atoms with Gasteiger partial charge in [-0.05, 0) is 114 Å². The molecule has 0 aromatic rings. The first-order valence-electron chi connectivity index (χ1n) is 20.9. The highest BCUT2D eigenvalue weighted by Crippen LogP contribution is 2.20. The van der Waals surface area contributed by atoms with Crippen molar-refractivity contribution in [2.75, 3.05) is 54.5 Å². The zero-order valence-corrected chi connectivity index (χ0v) is 43.0. The van der Waals surface area contributed by atoms with Crippen LogP contribution >= 0.6 is 0 Å². The van der Waals surface area contributed by atoms with Gasteiger partial charge in [0, 0.05) is 6.54 Å². The Kier molecular flexibility index (Phi) is 34.7. The minimum Gasteiger partial charge on any atom is -0.464 e. The highest BCUT2D eigenvalue weighted by molar-refractivity contribution is 5.79. The van der Waals surface area contributed by atoms with Crippen molar-refractivity contribution in [1.82, 2.24) is 9.80 Å². The fourth-order valence-electron chi connectivity index (χ4n) is 3.36. The zero-order chi connectivity index (χ0) is 46.1. The van der Waals surface area contributed by atoms with Crippen molar-refractivity contribution < 1.29 is 19.1 Å². The van der Waals surface area contributed by atoms with Crippen LogP contribution in [0.1, 0.15) is 198 Å². The average Bonchev–Trinajstić information content (AvgIpc) is 2.87. The molecule has 0 radical (unpaired) electrons. The number of ether oxygens (including phenoxy) is 2. The molecule has 0 saturated heterocycles. The number of rotatable bonds is 9. The molecule has 8 nitrogen and oxygen atoms in total. The van der Waals surface area contributed by atoms with Gasteiger partial charge in [-0.2, -0.15) is 0 Å². The van der Waals surface area contributed by atoms with Gasteiger partial charge in [-0.3, -0.25) is 9.59 Å². The van der Waals surface area contributed by atoms with Crippen LogP contribution in [0.15, 0.2) is 0 Å². The third kappa shape index (κ3) is 78.0. The van der Waals surface area contributed by atoms with Gasteiger partial charge in [0.25, 0.3) is 0 Å². The van der Waals surface area contributed by atoms with Crippen LogP contribution in [0, 0.1) is 32.5 Å². The van der Waals surface area contributed by atoms with E-state index in [9.17, 15) is 9.59 Å².